The number of hydrogen-bond donors (Lipinski definition) is 1. The van der Waals surface area contributed by atoms with Crippen molar-refractivity contribution in [1.82, 2.24) is 10.2 Å². The molecule has 90 valence electrons. The van der Waals surface area contributed by atoms with Gasteiger partial charge >= 0.3 is 0 Å². The molecule has 1 aromatic rings. The maximum absolute atomic E-state index is 11.0. The van der Waals surface area contributed by atoms with Crippen LogP contribution in [0, 0.1) is 0 Å². The van der Waals surface area contributed by atoms with Gasteiger partial charge in [-0.3, -0.25) is 10.1 Å². The van der Waals surface area contributed by atoms with Gasteiger partial charge in [0.25, 0.3) is 0 Å². The zero-order valence-electron chi connectivity index (χ0n) is 9.42. The Bertz CT molecular complexity index is 514. The molecule has 17 heavy (non-hydrogen) atoms. The minimum absolute atomic E-state index is 0.154. The van der Waals surface area contributed by atoms with Gasteiger partial charge in [-0.1, -0.05) is 23.2 Å². The first-order chi connectivity index (χ1) is 7.99. The van der Waals surface area contributed by atoms with E-state index in [1.165, 1.54) is 6.92 Å². The summed E-state index contributed by atoms with van der Waals surface area (Å²) in [6.07, 6.45) is 0. The quantitative estimate of drug-likeness (QED) is 0.788. The van der Waals surface area contributed by atoms with E-state index in [2.05, 4.69) is 10.3 Å². The number of amides is 1. The van der Waals surface area contributed by atoms with Crippen LogP contribution in [-0.2, 0) is 11.3 Å². The minimum atomic E-state index is -0.154. The Morgan fingerprint density at radius 2 is 2.18 bits per heavy atom. The van der Waals surface area contributed by atoms with E-state index in [0.29, 0.717) is 22.5 Å². The van der Waals surface area contributed by atoms with Crippen LogP contribution in [0.4, 0.5) is 5.69 Å². The van der Waals surface area contributed by atoms with E-state index >= 15 is 0 Å². The van der Waals surface area contributed by atoms with Crippen LogP contribution < -0.4 is 5.32 Å². The molecule has 4 nitrogen and oxygen atoms in total. The molecule has 0 saturated heterocycles. The van der Waals surface area contributed by atoms with Crippen LogP contribution in [0.3, 0.4) is 0 Å². The number of halogens is 2. The molecule has 0 unspecified atom stereocenters. The molecule has 1 N–H and O–H groups in total. The highest BCUT2D eigenvalue weighted by Gasteiger charge is 2.20. The van der Waals surface area contributed by atoms with Crippen LogP contribution in [0.2, 0.25) is 10.0 Å². The standard InChI is InChI=1S/C11H11Cl2N3O/c1-6(17)14-11-15-9-4-3-8(12)10(13)7(9)5-16(11)2/h3-4H,5H2,1-2H3,(H,14,15,17). The van der Waals surface area contributed by atoms with E-state index in [-0.39, 0.29) is 5.91 Å². The predicted octanol–water partition coefficient (Wildman–Crippen LogP) is 2.56. The van der Waals surface area contributed by atoms with Crippen molar-refractivity contribution >= 4 is 40.8 Å². The number of hydrogen-bond acceptors (Lipinski definition) is 3. The van der Waals surface area contributed by atoms with Gasteiger partial charge in [-0.15, -0.1) is 0 Å². The zero-order chi connectivity index (χ0) is 12.6. The highest BCUT2D eigenvalue weighted by molar-refractivity contribution is 6.42. The number of carbonyl (C=O) groups excluding carboxylic acids is 1. The molecule has 0 fully saturated rings. The first kappa shape index (κ1) is 12.2. The van der Waals surface area contributed by atoms with Crippen LogP contribution in [0.15, 0.2) is 17.1 Å². The van der Waals surface area contributed by atoms with Crippen LogP contribution >= 0.6 is 23.2 Å². The number of rotatable bonds is 0. The van der Waals surface area contributed by atoms with E-state index in [0.717, 1.165) is 11.3 Å². The van der Waals surface area contributed by atoms with Crippen molar-refractivity contribution in [3.63, 3.8) is 0 Å². The molecule has 0 aliphatic carbocycles. The summed E-state index contributed by atoms with van der Waals surface area (Å²) < 4.78 is 0. The topological polar surface area (TPSA) is 44.7 Å². The molecule has 1 heterocycles. The van der Waals surface area contributed by atoms with Gasteiger partial charge in [0.05, 0.1) is 15.7 Å². The maximum Gasteiger partial charge on any atom is 0.223 e. The number of guanidine groups is 1. The highest BCUT2D eigenvalue weighted by Crippen LogP contribution is 2.35. The summed E-state index contributed by atoms with van der Waals surface area (Å²) in [5.74, 6) is 0.363. The SMILES string of the molecule is CC(=O)NC1=Nc2ccc(Cl)c(Cl)c2CN1C. The first-order valence-corrected chi connectivity index (χ1v) is 5.79. The fourth-order valence-electron chi connectivity index (χ4n) is 1.63. The molecule has 1 aliphatic heterocycles. The summed E-state index contributed by atoms with van der Waals surface area (Å²) in [5, 5.41) is 3.69. The van der Waals surface area contributed by atoms with E-state index in [4.69, 9.17) is 23.2 Å². The molecule has 6 heteroatoms. The van der Waals surface area contributed by atoms with Crippen LogP contribution in [0.1, 0.15) is 12.5 Å². The molecule has 1 amide bonds. The maximum atomic E-state index is 11.0. The molecular weight excluding hydrogens is 261 g/mol. The Hall–Kier alpha value is -1.26. The highest BCUT2D eigenvalue weighted by atomic mass is 35.5. The molecular formula is C11H11Cl2N3O. The van der Waals surface area contributed by atoms with Gasteiger partial charge in [-0.25, -0.2) is 4.99 Å². The van der Waals surface area contributed by atoms with E-state index in [1.807, 2.05) is 11.9 Å². The summed E-state index contributed by atoms with van der Waals surface area (Å²) in [5.41, 5.74) is 1.61. The largest absolute Gasteiger partial charge is 0.341 e. The molecule has 0 saturated carbocycles. The Kier molecular flexibility index (Phi) is 3.26. The second-order valence-corrected chi connectivity index (χ2v) is 4.62. The summed E-state index contributed by atoms with van der Waals surface area (Å²) in [4.78, 5) is 17.2. The first-order valence-electron chi connectivity index (χ1n) is 5.03. The lowest BCUT2D eigenvalue weighted by Gasteiger charge is -2.27. The zero-order valence-corrected chi connectivity index (χ0v) is 10.9. The Morgan fingerprint density at radius 1 is 1.47 bits per heavy atom. The second-order valence-electron chi connectivity index (χ2n) is 3.83. The smallest absolute Gasteiger partial charge is 0.223 e. The van der Waals surface area contributed by atoms with Crippen molar-refractivity contribution in [1.29, 1.82) is 0 Å². The predicted molar refractivity (Wildman–Crippen MR) is 68.8 cm³/mol. The normalized spacial score (nSPS) is 14.1. The number of fused-ring (bicyclic) bond motifs is 1. The lowest BCUT2D eigenvalue weighted by atomic mass is 10.1. The van der Waals surface area contributed by atoms with Crippen LogP contribution in [-0.4, -0.2) is 23.8 Å². The number of nitrogens with zero attached hydrogens (tertiary/aromatic N) is 2. The van der Waals surface area contributed by atoms with Gasteiger partial charge in [-0.05, 0) is 12.1 Å². The number of nitrogens with one attached hydrogen (secondary N) is 1. The van der Waals surface area contributed by atoms with Gasteiger partial charge in [-0.2, -0.15) is 0 Å². The Labute approximate surface area is 109 Å². The van der Waals surface area contributed by atoms with Gasteiger partial charge in [0.1, 0.15) is 0 Å². The summed E-state index contributed by atoms with van der Waals surface area (Å²) in [6.45, 7) is 2.01. The Morgan fingerprint density at radius 3 is 2.82 bits per heavy atom. The number of carbonyl (C=O) groups is 1. The lowest BCUT2D eigenvalue weighted by Crippen LogP contribution is -2.42. The number of benzene rings is 1. The average Bonchev–Trinajstić information content (AvgIpc) is 2.25. The van der Waals surface area contributed by atoms with Gasteiger partial charge in [0.2, 0.25) is 11.9 Å². The second kappa shape index (κ2) is 4.55. The summed E-state index contributed by atoms with van der Waals surface area (Å²) >= 11 is 12.1. The molecule has 0 radical (unpaired) electrons. The number of aliphatic imine (C=N–C) groups is 1. The van der Waals surface area contributed by atoms with Crippen molar-refractivity contribution in [2.45, 2.75) is 13.5 Å². The minimum Gasteiger partial charge on any atom is -0.341 e. The molecule has 0 aromatic heterocycles. The molecule has 0 spiro atoms. The molecule has 1 aromatic carbocycles. The lowest BCUT2D eigenvalue weighted by molar-refractivity contribution is -0.117. The van der Waals surface area contributed by atoms with Crippen molar-refractivity contribution in [3.8, 4) is 0 Å². The fraction of sp³-hybridized carbons (Fsp3) is 0.273. The summed E-state index contributed by atoms with van der Waals surface area (Å²) in [7, 11) is 1.83. The van der Waals surface area contributed by atoms with E-state index < -0.39 is 0 Å². The fourth-order valence-corrected chi connectivity index (χ4v) is 2.03. The van der Waals surface area contributed by atoms with E-state index in [1.54, 1.807) is 12.1 Å². The van der Waals surface area contributed by atoms with Crippen molar-refractivity contribution < 1.29 is 4.79 Å². The summed E-state index contributed by atoms with van der Waals surface area (Å²) in [6, 6.07) is 3.49. The van der Waals surface area contributed by atoms with Gasteiger partial charge in [0, 0.05) is 26.1 Å². The third-order valence-electron chi connectivity index (χ3n) is 2.44. The van der Waals surface area contributed by atoms with Crippen LogP contribution in [0.25, 0.3) is 0 Å². The van der Waals surface area contributed by atoms with Crippen molar-refractivity contribution in [2.75, 3.05) is 7.05 Å². The molecule has 0 bridgehead atoms. The molecule has 1 aliphatic rings. The Balaban J connectivity index is 2.45. The molecule has 2 rings (SSSR count). The third kappa shape index (κ3) is 2.37. The van der Waals surface area contributed by atoms with E-state index in [9.17, 15) is 4.79 Å². The van der Waals surface area contributed by atoms with Gasteiger partial charge < -0.3 is 4.90 Å². The van der Waals surface area contributed by atoms with Gasteiger partial charge in [0.15, 0.2) is 0 Å². The average molecular weight is 272 g/mol. The van der Waals surface area contributed by atoms with Crippen molar-refractivity contribution in [2.24, 2.45) is 4.99 Å². The van der Waals surface area contributed by atoms with Crippen molar-refractivity contribution in [3.05, 3.63) is 27.7 Å². The molecule has 0 atom stereocenters. The van der Waals surface area contributed by atoms with Crippen LogP contribution in [0.5, 0.6) is 0 Å². The monoisotopic (exact) mass is 271 g/mol. The third-order valence-corrected chi connectivity index (χ3v) is 3.29.